The number of hydrogen-bond acceptors (Lipinski definition) is 2. The SMILES string of the molecule is CNCc1ccnc(-c2cccc(C)c2)c1. The molecule has 2 aromatic rings. The van der Waals surface area contributed by atoms with Crippen molar-refractivity contribution in [3.05, 3.63) is 53.7 Å². The Labute approximate surface area is 96.4 Å². The highest BCUT2D eigenvalue weighted by molar-refractivity contribution is 5.60. The van der Waals surface area contributed by atoms with Gasteiger partial charge in [0.25, 0.3) is 0 Å². The van der Waals surface area contributed by atoms with Crippen LogP contribution in [0.3, 0.4) is 0 Å². The highest BCUT2D eigenvalue weighted by Crippen LogP contribution is 2.18. The van der Waals surface area contributed by atoms with E-state index in [2.05, 4.69) is 47.6 Å². The Morgan fingerprint density at radius 1 is 1.19 bits per heavy atom. The van der Waals surface area contributed by atoms with Crippen LogP contribution in [-0.2, 0) is 6.54 Å². The van der Waals surface area contributed by atoms with Crippen molar-refractivity contribution in [2.75, 3.05) is 7.05 Å². The molecule has 0 aliphatic rings. The number of rotatable bonds is 3. The van der Waals surface area contributed by atoms with Gasteiger partial charge in [0.15, 0.2) is 0 Å². The first kappa shape index (κ1) is 10.8. The monoisotopic (exact) mass is 212 g/mol. The maximum atomic E-state index is 4.41. The molecule has 0 atom stereocenters. The summed E-state index contributed by atoms with van der Waals surface area (Å²) >= 11 is 0. The summed E-state index contributed by atoms with van der Waals surface area (Å²) < 4.78 is 0. The van der Waals surface area contributed by atoms with E-state index in [9.17, 15) is 0 Å². The molecule has 0 fully saturated rings. The Kier molecular flexibility index (Phi) is 3.32. The zero-order valence-corrected chi connectivity index (χ0v) is 9.70. The van der Waals surface area contributed by atoms with Crippen molar-refractivity contribution in [2.24, 2.45) is 0 Å². The molecule has 2 nitrogen and oxygen atoms in total. The Morgan fingerprint density at radius 3 is 2.81 bits per heavy atom. The lowest BCUT2D eigenvalue weighted by Gasteiger charge is -2.05. The maximum Gasteiger partial charge on any atom is 0.0705 e. The summed E-state index contributed by atoms with van der Waals surface area (Å²) in [5.74, 6) is 0. The van der Waals surface area contributed by atoms with Crippen LogP contribution >= 0.6 is 0 Å². The average Bonchev–Trinajstić information content (AvgIpc) is 2.30. The van der Waals surface area contributed by atoms with Crippen LogP contribution in [0.5, 0.6) is 0 Å². The number of nitrogens with one attached hydrogen (secondary N) is 1. The molecule has 0 amide bonds. The molecular weight excluding hydrogens is 196 g/mol. The van der Waals surface area contributed by atoms with Gasteiger partial charge in [0.05, 0.1) is 5.69 Å². The minimum Gasteiger partial charge on any atom is -0.316 e. The Balaban J connectivity index is 2.36. The van der Waals surface area contributed by atoms with Gasteiger partial charge in [0, 0.05) is 18.3 Å². The molecule has 1 aromatic heterocycles. The van der Waals surface area contributed by atoms with Gasteiger partial charge in [0.1, 0.15) is 0 Å². The molecule has 82 valence electrons. The molecule has 2 rings (SSSR count). The summed E-state index contributed by atoms with van der Waals surface area (Å²) in [6, 6.07) is 12.6. The van der Waals surface area contributed by atoms with Gasteiger partial charge in [-0.25, -0.2) is 0 Å². The van der Waals surface area contributed by atoms with E-state index in [0.717, 1.165) is 12.2 Å². The van der Waals surface area contributed by atoms with Gasteiger partial charge < -0.3 is 5.32 Å². The van der Waals surface area contributed by atoms with Crippen molar-refractivity contribution in [1.29, 1.82) is 0 Å². The summed E-state index contributed by atoms with van der Waals surface area (Å²) in [7, 11) is 1.95. The van der Waals surface area contributed by atoms with Crippen molar-refractivity contribution >= 4 is 0 Å². The molecule has 16 heavy (non-hydrogen) atoms. The highest BCUT2D eigenvalue weighted by atomic mass is 14.8. The quantitative estimate of drug-likeness (QED) is 0.846. The molecule has 0 saturated carbocycles. The smallest absolute Gasteiger partial charge is 0.0705 e. The van der Waals surface area contributed by atoms with Crippen LogP contribution in [0, 0.1) is 6.92 Å². The third kappa shape index (κ3) is 2.47. The predicted octanol–water partition coefficient (Wildman–Crippen LogP) is 2.78. The molecule has 1 aromatic carbocycles. The van der Waals surface area contributed by atoms with Gasteiger partial charge in [-0.1, -0.05) is 23.8 Å². The standard InChI is InChI=1S/C14H16N2/c1-11-4-3-5-13(8-11)14-9-12(10-15-2)6-7-16-14/h3-9,15H,10H2,1-2H3. The zero-order chi connectivity index (χ0) is 11.4. The van der Waals surface area contributed by atoms with Crippen molar-refractivity contribution in [2.45, 2.75) is 13.5 Å². The fourth-order valence-electron chi connectivity index (χ4n) is 1.75. The van der Waals surface area contributed by atoms with E-state index in [1.807, 2.05) is 19.3 Å². The van der Waals surface area contributed by atoms with Gasteiger partial charge in [-0.3, -0.25) is 4.98 Å². The number of benzene rings is 1. The number of aryl methyl sites for hydroxylation is 1. The summed E-state index contributed by atoms with van der Waals surface area (Å²) in [5, 5.41) is 3.15. The first-order valence-corrected chi connectivity index (χ1v) is 5.46. The molecule has 0 radical (unpaired) electrons. The van der Waals surface area contributed by atoms with Crippen molar-refractivity contribution < 1.29 is 0 Å². The maximum absolute atomic E-state index is 4.41. The van der Waals surface area contributed by atoms with Crippen LogP contribution in [0.1, 0.15) is 11.1 Å². The van der Waals surface area contributed by atoms with E-state index in [4.69, 9.17) is 0 Å². The van der Waals surface area contributed by atoms with Crippen LogP contribution in [0.4, 0.5) is 0 Å². The van der Waals surface area contributed by atoms with Crippen LogP contribution < -0.4 is 5.32 Å². The lowest BCUT2D eigenvalue weighted by Crippen LogP contribution is -2.05. The third-order valence-electron chi connectivity index (χ3n) is 2.52. The Hall–Kier alpha value is -1.67. The topological polar surface area (TPSA) is 24.9 Å². The second kappa shape index (κ2) is 4.90. The summed E-state index contributed by atoms with van der Waals surface area (Å²) in [5.41, 5.74) is 4.74. The minimum atomic E-state index is 0.876. The second-order valence-electron chi connectivity index (χ2n) is 3.95. The summed E-state index contributed by atoms with van der Waals surface area (Å²) in [6.07, 6.45) is 1.87. The first-order valence-electron chi connectivity index (χ1n) is 5.46. The van der Waals surface area contributed by atoms with E-state index >= 15 is 0 Å². The van der Waals surface area contributed by atoms with Crippen LogP contribution in [-0.4, -0.2) is 12.0 Å². The molecule has 0 unspecified atom stereocenters. The molecule has 1 heterocycles. The fourth-order valence-corrected chi connectivity index (χ4v) is 1.75. The predicted molar refractivity (Wildman–Crippen MR) is 67.2 cm³/mol. The molecule has 0 bridgehead atoms. The lowest BCUT2D eigenvalue weighted by atomic mass is 10.1. The fraction of sp³-hybridized carbons (Fsp3) is 0.214. The largest absolute Gasteiger partial charge is 0.316 e. The molecule has 2 heteroatoms. The second-order valence-corrected chi connectivity index (χ2v) is 3.95. The molecule has 0 aliphatic carbocycles. The van der Waals surface area contributed by atoms with E-state index < -0.39 is 0 Å². The van der Waals surface area contributed by atoms with Crippen molar-refractivity contribution in [1.82, 2.24) is 10.3 Å². The van der Waals surface area contributed by atoms with E-state index in [-0.39, 0.29) is 0 Å². The normalized spacial score (nSPS) is 10.4. The van der Waals surface area contributed by atoms with Gasteiger partial charge in [-0.05, 0) is 37.7 Å². The molecule has 0 aliphatic heterocycles. The number of hydrogen-bond donors (Lipinski definition) is 1. The Bertz CT molecular complexity index is 478. The van der Waals surface area contributed by atoms with E-state index in [1.54, 1.807) is 0 Å². The molecule has 0 spiro atoms. The lowest BCUT2D eigenvalue weighted by molar-refractivity contribution is 0.816. The summed E-state index contributed by atoms with van der Waals surface area (Å²) in [4.78, 5) is 4.41. The Morgan fingerprint density at radius 2 is 2.06 bits per heavy atom. The number of aromatic nitrogens is 1. The van der Waals surface area contributed by atoms with Crippen LogP contribution in [0.2, 0.25) is 0 Å². The van der Waals surface area contributed by atoms with E-state index in [0.29, 0.717) is 0 Å². The zero-order valence-electron chi connectivity index (χ0n) is 9.70. The number of nitrogens with zero attached hydrogens (tertiary/aromatic N) is 1. The van der Waals surface area contributed by atoms with E-state index in [1.165, 1.54) is 16.7 Å². The van der Waals surface area contributed by atoms with Crippen molar-refractivity contribution in [3.8, 4) is 11.3 Å². The molecule has 0 saturated heterocycles. The molecular formula is C14H16N2. The van der Waals surface area contributed by atoms with Crippen LogP contribution in [0.25, 0.3) is 11.3 Å². The number of pyridine rings is 1. The van der Waals surface area contributed by atoms with Crippen molar-refractivity contribution in [3.63, 3.8) is 0 Å². The minimum absolute atomic E-state index is 0.876. The van der Waals surface area contributed by atoms with Crippen LogP contribution in [0.15, 0.2) is 42.6 Å². The average molecular weight is 212 g/mol. The van der Waals surface area contributed by atoms with Gasteiger partial charge in [-0.15, -0.1) is 0 Å². The highest BCUT2D eigenvalue weighted by Gasteiger charge is 2.00. The van der Waals surface area contributed by atoms with Gasteiger partial charge in [-0.2, -0.15) is 0 Å². The van der Waals surface area contributed by atoms with Gasteiger partial charge >= 0.3 is 0 Å². The van der Waals surface area contributed by atoms with Gasteiger partial charge in [0.2, 0.25) is 0 Å². The first-order chi connectivity index (χ1) is 7.79. The molecule has 1 N–H and O–H groups in total. The summed E-state index contributed by atoms with van der Waals surface area (Å²) in [6.45, 7) is 2.97. The third-order valence-corrected chi connectivity index (χ3v) is 2.52.